The minimum atomic E-state index is -0.661. The molecule has 0 unspecified atom stereocenters. The van der Waals surface area contributed by atoms with Crippen molar-refractivity contribution < 1.29 is 18.7 Å². The molecule has 1 aromatic carbocycles. The minimum Gasteiger partial charge on any atom is -0.386 e. The van der Waals surface area contributed by atoms with Crippen molar-refractivity contribution in [1.29, 1.82) is 0 Å². The topological polar surface area (TPSA) is 43.4 Å². The van der Waals surface area contributed by atoms with Gasteiger partial charge < -0.3 is 4.74 Å². The molecule has 16 heavy (non-hydrogen) atoms. The molecule has 80 valence electrons. The maximum absolute atomic E-state index is 13.1. The molecule has 1 heterocycles. The Hall–Kier alpha value is -1.97. The van der Waals surface area contributed by atoms with Gasteiger partial charge >= 0.3 is 11.9 Å². The van der Waals surface area contributed by atoms with E-state index < -0.39 is 17.8 Å². The van der Waals surface area contributed by atoms with E-state index >= 15 is 0 Å². The molecule has 0 atom stereocenters. The highest BCUT2D eigenvalue weighted by Crippen LogP contribution is 2.36. The van der Waals surface area contributed by atoms with Gasteiger partial charge in [0.15, 0.2) is 0 Å². The number of hydrogen-bond acceptors (Lipinski definition) is 3. The molecule has 3 rings (SSSR count). The molecule has 1 aliphatic heterocycles. The second-order valence-corrected chi connectivity index (χ2v) is 3.83. The van der Waals surface area contributed by atoms with Gasteiger partial charge in [-0.1, -0.05) is 6.07 Å². The molecule has 1 aromatic rings. The zero-order valence-corrected chi connectivity index (χ0v) is 8.25. The average molecular weight is 218 g/mol. The lowest BCUT2D eigenvalue weighted by Crippen LogP contribution is -2.07. The zero-order valence-electron chi connectivity index (χ0n) is 8.25. The molecule has 0 N–H and O–H groups in total. The Kier molecular flexibility index (Phi) is 1.74. The van der Waals surface area contributed by atoms with Gasteiger partial charge in [-0.15, -0.1) is 0 Å². The normalized spacial score (nSPS) is 18.3. The number of cyclic esters (lactones) is 2. The number of halogens is 1. The van der Waals surface area contributed by atoms with Crippen LogP contribution in [0.3, 0.4) is 0 Å². The molecule has 0 spiro atoms. The van der Waals surface area contributed by atoms with E-state index in [2.05, 4.69) is 4.74 Å². The van der Waals surface area contributed by atoms with E-state index in [1.807, 2.05) is 0 Å². The predicted octanol–water partition coefficient (Wildman–Crippen LogP) is 1.61. The third kappa shape index (κ3) is 1.13. The average Bonchev–Trinajstić information content (AvgIpc) is 2.54. The van der Waals surface area contributed by atoms with E-state index in [1.54, 1.807) is 6.07 Å². The molecule has 4 heteroatoms. The second-order valence-electron chi connectivity index (χ2n) is 3.83. The molecule has 2 aliphatic rings. The van der Waals surface area contributed by atoms with E-state index in [0.29, 0.717) is 24.0 Å². The summed E-state index contributed by atoms with van der Waals surface area (Å²) >= 11 is 0. The number of ether oxygens (including phenoxy) is 1. The van der Waals surface area contributed by atoms with Crippen LogP contribution in [0.15, 0.2) is 23.8 Å². The van der Waals surface area contributed by atoms with E-state index in [0.717, 1.165) is 5.56 Å². The number of fused-ring (bicyclic) bond motifs is 2. The van der Waals surface area contributed by atoms with Gasteiger partial charge in [0, 0.05) is 0 Å². The van der Waals surface area contributed by atoms with E-state index in [1.165, 1.54) is 12.1 Å². The third-order valence-electron chi connectivity index (χ3n) is 2.92. The highest BCUT2D eigenvalue weighted by Gasteiger charge is 2.37. The Morgan fingerprint density at radius 2 is 1.94 bits per heavy atom. The quantitative estimate of drug-likeness (QED) is 0.490. The number of esters is 2. The number of carbonyl (C=O) groups is 2. The first-order valence-corrected chi connectivity index (χ1v) is 4.95. The molecular weight excluding hydrogens is 211 g/mol. The molecule has 0 saturated carbocycles. The van der Waals surface area contributed by atoms with Crippen LogP contribution in [-0.4, -0.2) is 11.9 Å². The molecule has 0 aromatic heterocycles. The maximum atomic E-state index is 13.1. The fourth-order valence-electron chi connectivity index (χ4n) is 2.18. The molecule has 1 aliphatic carbocycles. The highest BCUT2D eigenvalue weighted by atomic mass is 19.1. The van der Waals surface area contributed by atoms with Crippen LogP contribution in [0, 0.1) is 5.82 Å². The SMILES string of the molecule is O=C1OC(=O)C2=C1CCc1ccc(F)cc12. The number of benzene rings is 1. The molecule has 0 bridgehead atoms. The molecule has 0 radical (unpaired) electrons. The monoisotopic (exact) mass is 218 g/mol. The van der Waals surface area contributed by atoms with Crippen molar-refractivity contribution in [2.24, 2.45) is 0 Å². The zero-order chi connectivity index (χ0) is 11.3. The lowest BCUT2D eigenvalue weighted by molar-refractivity contribution is -0.150. The van der Waals surface area contributed by atoms with Gasteiger partial charge in [0.25, 0.3) is 0 Å². The standard InChI is InChI=1S/C12H7FO3/c13-7-3-1-6-2-4-8-10(9(6)5-7)12(15)16-11(8)14/h1,3,5H,2,4H2. The lowest BCUT2D eigenvalue weighted by Gasteiger charge is -2.14. The van der Waals surface area contributed by atoms with E-state index in [4.69, 9.17) is 0 Å². The van der Waals surface area contributed by atoms with Crippen molar-refractivity contribution in [3.8, 4) is 0 Å². The van der Waals surface area contributed by atoms with Crippen LogP contribution in [0.2, 0.25) is 0 Å². The molecule has 0 fully saturated rings. The summed E-state index contributed by atoms with van der Waals surface area (Å²) in [5, 5.41) is 0. The van der Waals surface area contributed by atoms with Crippen molar-refractivity contribution in [1.82, 2.24) is 0 Å². The van der Waals surface area contributed by atoms with Crippen LogP contribution >= 0.6 is 0 Å². The molecule has 0 amide bonds. The van der Waals surface area contributed by atoms with Crippen LogP contribution < -0.4 is 0 Å². The van der Waals surface area contributed by atoms with Crippen molar-refractivity contribution in [3.05, 3.63) is 40.7 Å². The number of carbonyl (C=O) groups excluding carboxylic acids is 2. The summed E-state index contributed by atoms with van der Waals surface area (Å²) in [6.45, 7) is 0. The Morgan fingerprint density at radius 1 is 1.12 bits per heavy atom. The Balaban J connectivity index is 2.27. The first kappa shape index (κ1) is 9.27. The van der Waals surface area contributed by atoms with E-state index in [-0.39, 0.29) is 5.57 Å². The third-order valence-corrected chi connectivity index (χ3v) is 2.92. The smallest absolute Gasteiger partial charge is 0.347 e. The summed E-state index contributed by atoms with van der Waals surface area (Å²) in [5.41, 5.74) is 2.00. The Bertz CT molecular complexity index is 557. The predicted molar refractivity (Wildman–Crippen MR) is 52.7 cm³/mol. The largest absolute Gasteiger partial charge is 0.386 e. The van der Waals surface area contributed by atoms with Crippen LogP contribution in [0.25, 0.3) is 5.57 Å². The summed E-state index contributed by atoms with van der Waals surface area (Å²) < 4.78 is 17.6. The Labute approximate surface area is 90.5 Å². The van der Waals surface area contributed by atoms with Gasteiger partial charge in [0.2, 0.25) is 0 Å². The van der Waals surface area contributed by atoms with Crippen LogP contribution in [0.5, 0.6) is 0 Å². The van der Waals surface area contributed by atoms with Crippen molar-refractivity contribution in [2.45, 2.75) is 12.8 Å². The number of rotatable bonds is 0. The van der Waals surface area contributed by atoms with Crippen LogP contribution in [0.4, 0.5) is 4.39 Å². The lowest BCUT2D eigenvalue weighted by atomic mass is 9.86. The van der Waals surface area contributed by atoms with Crippen molar-refractivity contribution in [3.63, 3.8) is 0 Å². The summed E-state index contributed by atoms with van der Waals surface area (Å²) in [7, 11) is 0. The maximum Gasteiger partial charge on any atom is 0.347 e. The van der Waals surface area contributed by atoms with Gasteiger partial charge in [0.1, 0.15) is 5.82 Å². The van der Waals surface area contributed by atoms with Gasteiger partial charge in [-0.2, -0.15) is 0 Å². The summed E-state index contributed by atoms with van der Waals surface area (Å²) in [6.07, 6.45) is 1.12. The summed E-state index contributed by atoms with van der Waals surface area (Å²) in [4.78, 5) is 22.8. The second kappa shape index (κ2) is 3.01. The number of hydrogen-bond donors (Lipinski definition) is 0. The van der Waals surface area contributed by atoms with Crippen LogP contribution in [-0.2, 0) is 20.7 Å². The Morgan fingerprint density at radius 3 is 2.75 bits per heavy atom. The van der Waals surface area contributed by atoms with E-state index in [9.17, 15) is 14.0 Å². The van der Waals surface area contributed by atoms with Gasteiger partial charge in [0.05, 0.1) is 11.1 Å². The number of aryl methyl sites for hydroxylation is 1. The van der Waals surface area contributed by atoms with Crippen LogP contribution in [0.1, 0.15) is 17.5 Å². The van der Waals surface area contributed by atoms with Gasteiger partial charge in [-0.3, -0.25) is 0 Å². The fourth-order valence-corrected chi connectivity index (χ4v) is 2.18. The summed E-state index contributed by atoms with van der Waals surface area (Å²) in [6, 6.07) is 4.28. The van der Waals surface area contributed by atoms with Crippen molar-refractivity contribution >= 4 is 17.5 Å². The first-order valence-electron chi connectivity index (χ1n) is 4.95. The minimum absolute atomic E-state index is 0.241. The first-order chi connectivity index (χ1) is 7.66. The van der Waals surface area contributed by atoms with Gasteiger partial charge in [-0.25, -0.2) is 14.0 Å². The molecule has 0 saturated heterocycles. The van der Waals surface area contributed by atoms with Crippen molar-refractivity contribution in [2.75, 3.05) is 0 Å². The molecule has 3 nitrogen and oxygen atoms in total. The molecular formula is C12H7FO3. The highest BCUT2D eigenvalue weighted by molar-refractivity contribution is 6.31. The fraction of sp³-hybridized carbons (Fsp3) is 0.167. The summed E-state index contributed by atoms with van der Waals surface area (Å²) in [5.74, 6) is -1.67. The van der Waals surface area contributed by atoms with Gasteiger partial charge in [-0.05, 0) is 36.1 Å².